The van der Waals surface area contributed by atoms with Crippen molar-refractivity contribution in [1.82, 2.24) is 10.1 Å². The second-order valence-corrected chi connectivity index (χ2v) is 6.08. The van der Waals surface area contributed by atoms with Crippen LogP contribution in [-0.4, -0.2) is 15.9 Å². The number of H-pyrrole nitrogens is 1. The van der Waals surface area contributed by atoms with E-state index in [0.29, 0.717) is 5.82 Å². The first-order chi connectivity index (χ1) is 10.7. The van der Waals surface area contributed by atoms with Crippen LogP contribution in [-0.2, 0) is 0 Å². The standard InChI is InChI=1S/C17H15N2O2S/c1-3-22-15-9-11(2)7-8-14(15)12-5-4-6-13(10-12)16-18-17(20)21-19-16/h4-10H,2-3H2,1H3,(H,18,19,20). The molecule has 1 radical (unpaired) electrons. The Bertz CT molecular complexity index is 852. The van der Waals surface area contributed by atoms with Gasteiger partial charge in [0.1, 0.15) is 0 Å². The molecule has 1 N–H and O–H groups in total. The SMILES string of the molecule is [CH2]c1ccc(-c2cccc(-c3nc(=O)o[nH]3)c2)c(SCC)c1. The predicted molar refractivity (Wildman–Crippen MR) is 88.9 cm³/mol. The molecule has 0 spiro atoms. The van der Waals surface area contributed by atoms with Crippen molar-refractivity contribution in [1.29, 1.82) is 0 Å². The topological polar surface area (TPSA) is 58.9 Å². The Morgan fingerprint density at radius 2 is 2.05 bits per heavy atom. The van der Waals surface area contributed by atoms with Gasteiger partial charge in [-0.15, -0.1) is 11.8 Å². The van der Waals surface area contributed by atoms with Crippen molar-refractivity contribution < 1.29 is 4.52 Å². The van der Waals surface area contributed by atoms with Crippen molar-refractivity contribution in [3.63, 3.8) is 0 Å². The second kappa shape index (κ2) is 6.23. The van der Waals surface area contributed by atoms with Gasteiger partial charge in [-0.25, -0.2) is 4.79 Å². The van der Waals surface area contributed by atoms with Gasteiger partial charge >= 0.3 is 5.76 Å². The van der Waals surface area contributed by atoms with E-state index in [1.54, 1.807) is 11.8 Å². The molecule has 3 rings (SSSR count). The highest BCUT2D eigenvalue weighted by Gasteiger charge is 2.09. The summed E-state index contributed by atoms with van der Waals surface area (Å²) in [6.07, 6.45) is 0. The van der Waals surface area contributed by atoms with Crippen molar-refractivity contribution in [3.8, 4) is 22.5 Å². The van der Waals surface area contributed by atoms with Crippen LogP contribution < -0.4 is 5.76 Å². The van der Waals surface area contributed by atoms with Crippen LogP contribution in [0.15, 0.2) is 56.7 Å². The van der Waals surface area contributed by atoms with Crippen molar-refractivity contribution in [3.05, 3.63) is 65.5 Å². The molecule has 111 valence electrons. The van der Waals surface area contributed by atoms with Gasteiger partial charge in [-0.05, 0) is 41.5 Å². The lowest BCUT2D eigenvalue weighted by molar-refractivity contribution is 0.388. The molecule has 0 saturated heterocycles. The minimum Gasteiger partial charge on any atom is -0.321 e. The number of aromatic nitrogens is 2. The van der Waals surface area contributed by atoms with Gasteiger partial charge < -0.3 is 4.52 Å². The molecule has 0 aliphatic heterocycles. The maximum Gasteiger partial charge on any atom is 0.460 e. The summed E-state index contributed by atoms with van der Waals surface area (Å²) in [6, 6.07) is 14.0. The lowest BCUT2D eigenvalue weighted by Gasteiger charge is -2.10. The molecule has 0 saturated carbocycles. The minimum absolute atomic E-state index is 0.435. The van der Waals surface area contributed by atoms with Crippen molar-refractivity contribution in [2.75, 3.05) is 5.75 Å². The number of benzene rings is 2. The van der Waals surface area contributed by atoms with Crippen LogP contribution in [0.3, 0.4) is 0 Å². The number of rotatable bonds is 4. The Balaban J connectivity index is 2.07. The Hall–Kier alpha value is -2.27. The van der Waals surface area contributed by atoms with Gasteiger partial charge in [-0.2, -0.15) is 10.1 Å². The van der Waals surface area contributed by atoms with E-state index in [4.69, 9.17) is 0 Å². The highest BCUT2D eigenvalue weighted by Crippen LogP contribution is 2.33. The Kier molecular flexibility index (Phi) is 4.15. The smallest absolute Gasteiger partial charge is 0.321 e. The van der Waals surface area contributed by atoms with Gasteiger partial charge in [0.2, 0.25) is 0 Å². The van der Waals surface area contributed by atoms with E-state index >= 15 is 0 Å². The molecule has 4 nitrogen and oxygen atoms in total. The number of hydrogen-bond donors (Lipinski definition) is 1. The van der Waals surface area contributed by atoms with E-state index in [9.17, 15) is 4.79 Å². The lowest BCUT2D eigenvalue weighted by Crippen LogP contribution is -1.95. The molecule has 1 aromatic heterocycles. The molecule has 0 unspecified atom stereocenters. The predicted octanol–water partition coefficient (Wildman–Crippen LogP) is 3.99. The van der Waals surface area contributed by atoms with Gasteiger partial charge in [-0.3, -0.25) is 0 Å². The third kappa shape index (κ3) is 2.99. The molecule has 22 heavy (non-hydrogen) atoms. The molecule has 0 aliphatic carbocycles. The van der Waals surface area contributed by atoms with Gasteiger partial charge in [0.15, 0.2) is 5.82 Å². The third-order valence-corrected chi connectivity index (χ3v) is 4.17. The molecule has 3 aromatic rings. The first-order valence-corrected chi connectivity index (χ1v) is 7.91. The number of nitrogens with zero attached hydrogens (tertiary/aromatic N) is 1. The molecule has 0 bridgehead atoms. The molecule has 0 amide bonds. The fourth-order valence-electron chi connectivity index (χ4n) is 2.27. The van der Waals surface area contributed by atoms with Gasteiger partial charge in [-0.1, -0.05) is 37.3 Å². The average Bonchev–Trinajstić information content (AvgIpc) is 2.95. The van der Waals surface area contributed by atoms with Crippen LogP contribution >= 0.6 is 11.8 Å². The molecular formula is C17H15N2O2S. The Morgan fingerprint density at radius 1 is 1.23 bits per heavy atom. The van der Waals surface area contributed by atoms with Crippen LogP contribution in [0.2, 0.25) is 0 Å². The van der Waals surface area contributed by atoms with E-state index in [2.05, 4.69) is 40.6 Å². The van der Waals surface area contributed by atoms with E-state index in [0.717, 1.165) is 28.0 Å². The first-order valence-electron chi connectivity index (χ1n) is 6.92. The quantitative estimate of drug-likeness (QED) is 0.740. The number of nitrogens with one attached hydrogen (secondary N) is 1. The number of hydrogen-bond acceptors (Lipinski definition) is 4. The summed E-state index contributed by atoms with van der Waals surface area (Å²) in [5.74, 6) is 0.807. The highest BCUT2D eigenvalue weighted by atomic mass is 32.2. The van der Waals surface area contributed by atoms with Crippen molar-refractivity contribution in [2.24, 2.45) is 0 Å². The summed E-state index contributed by atoms with van der Waals surface area (Å²) in [6.45, 7) is 6.12. The average molecular weight is 311 g/mol. The van der Waals surface area contributed by atoms with E-state index in [1.165, 1.54) is 4.90 Å². The molecule has 0 atom stereocenters. The highest BCUT2D eigenvalue weighted by molar-refractivity contribution is 7.99. The molecule has 5 heteroatoms. The van der Waals surface area contributed by atoms with E-state index in [-0.39, 0.29) is 0 Å². The lowest BCUT2D eigenvalue weighted by atomic mass is 10.0. The monoisotopic (exact) mass is 311 g/mol. The maximum atomic E-state index is 11.1. The summed E-state index contributed by atoms with van der Waals surface area (Å²) in [4.78, 5) is 16.1. The van der Waals surface area contributed by atoms with E-state index in [1.807, 2.05) is 30.3 Å². The normalized spacial score (nSPS) is 10.8. The van der Waals surface area contributed by atoms with Crippen LogP contribution in [0.4, 0.5) is 0 Å². The third-order valence-electron chi connectivity index (χ3n) is 3.23. The zero-order valence-corrected chi connectivity index (χ0v) is 12.9. The molecule has 0 aliphatic rings. The number of thioether (sulfide) groups is 1. The van der Waals surface area contributed by atoms with Crippen LogP contribution in [0.25, 0.3) is 22.5 Å². The molecule has 2 aromatic carbocycles. The first kappa shape index (κ1) is 14.7. The van der Waals surface area contributed by atoms with Gasteiger partial charge in [0.25, 0.3) is 0 Å². The largest absolute Gasteiger partial charge is 0.460 e. The second-order valence-electron chi connectivity index (χ2n) is 4.77. The number of aromatic amines is 1. The summed E-state index contributed by atoms with van der Waals surface area (Å²) >= 11 is 1.78. The zero-order chi connectivity index (χ0) is 15.5. The Morgan fingerprint density at radius 3 is 2.77 bits per heavy atom. The van der Waals surface area contributed by atoms with Crippen molar-refractivity contribution in [2.45, 2.75) is 11.8 Å². The molecule has 1 heterocycles. The summed E-state index contributed by atoms with van der Waals surface area (Å²) in [7, 11) is 0. The van der Waals surface area contributed by atoms with E-state index < -0.39 is 5.76 Å². The van der Waals surface area contributed by atoms with Crippen molar-refractivity contribution >= 4 is 11.8 Å². The maximum absolute atomic E-state index is 11.1. The van der Waals surface area contributed by atoms with Crippen LogP contribution in [0.1, 0.15) is 12.5 Å². The van der Waals surface area contributed by atoms with Crippen LogP contribution in [0, 0.1) is 6.92 Å². The zero-order valence-electron chi connectivity index (χ0n) is 12.1. The summed E-state index contributed by atoms with van der Waals surface area (Å²) in [5.41, 5.74) is 4.02. The van der Waals surface area contributed by atoms with Crippen LogP contribution in [0.5, 0.6) is 0 Å². The fraction of sp³-hybridized carbons (Fsp3) is 0.118. The Labute approximate surface area is 132 Å². The fourth-order valence-corrected chi connectivity index (χ4v) is 3.15. The molecule has 0 fully saturated rings. The molecular weight excluding hydrogens is 296 g/mol. The minimum atomic E-state index is -0.621. The summed E-state index contributed by atoms with van der Waals surface area (Å²) in [5, 5.41) is 2.54. The van der Waals surface area contributed by atoms with Gasteiger partial charge in [0.05, 0.1) is 0 Å². The van der Waals surface area contributed by atoms with Gasteiger partial charge in [0, 0.05) is 10.5 Å². The summed E-state index contributed by atoms with van der Waals surface area (Å²) < 4.78 is 4.64.